The second-order valence-electron chi connectivity index (χ2n) is 10.3. The molecule has 0 unspecified atom stereocenters. The molecule has 0 spiro atoms. The zero-order valence-corrected chi connectivity index (χ0v) is 18.0. The number of aliphatic hydroxyl groups excluding tert-OH is 3. The normalized spacial score (nSPS) is 42.1. The Balaban J connectivity index is 1.66. The Hall–Kier alpha value is -1.23. The van der Waals surface area contributed by atoms with Crippen LogP contribution in [0, 0.1) is 29.1 Å². The smallest absolute Gasteiger partial charge is 0.159 e. The molecular formula is C25H36O4. The average Bonchev–Trinajstić information content (AvgIpc) is 2.80. The van der Waals surface area contributed by atoms with E-state index >= 15 is 0 Å². The van der Waals surface area contributed by atoms with Gasteiger partial charge in [-0.3, -0.25) is 4.79 Å². The van der Waals surface area contributed by atoms with Crippen LogP contribution in [0.4, 0.5) is 0 Å². The van der Waals surface area contributed by atoms with Gasteiger partial charge in [0.25, 0.3) is 0 Å². The van der Waals surface area contributed by atoms with Crippen molar-refractivity contribution in [2.24, 2.45) is 29.1 Å². The quantitative estimate of drug-likeness (QED) is 0.631. The van der Waals surface area contributed by atoms with Crippen molar-refractivity contribution in [3.63, 3.8) is 0 Å². The lowest BCUT2D eigenvalue weighted by Crippen LogP contribution is -2.37. The number of carbonyl (C=O) groups is 1. The molecule has 2 bridgehead atoms. The number of hydrogen-bond donors (Lipinski definition) is 3. The van der Waals surface area contributed by atoms with Gasteiger partial charge in [-0.1, -0.05) is 35.8 Å². The van der Waals surface area contributed by atoms with Crippen molar-refractivity contribution in [1.82, 2.24) is 0 Å². The van der Waals surface area contributed by atoms with Crippen LogP contribution < -0.4 is 0 Å². The topological polar surface area (TPSA) is 77.8 Å². The summed E-state index contributed by atoms with van der Waals surface area (Å²) in [5, 5.41) is 30.0. The first-order valence-corrected chi connectivity index (χ1v) is 11.4. The summed E-state index contributed by atoms with van der Waals surface area (Å²) in [5.74, 6) is 1.27. The Morgan fingerprint density at radius 3 is 2.76 bits per heavy atom. The lowest BCUT2D eigenvalue weighted by molar-refractivity contribution is -0.119. The van der Waals surface area contributed by atoms with Crippen LogP contribution in [0.2, 0.25) is 0 Å². The minimum absolute atomic E-state index is 0.0665. The minimum Gasteiger partial charge on any atom is -0.393 e. The summed E-state index contributed by atoms with van der Waals surface area (Å²) in [7, 11) is 0. The summed E-state index contributed by atoms with van der Waals surface area (Å²) in [6.07, 6.45) is 10.4. The summed E-state index contributed by atoms with van der Waals surface area (Å²) in [6.45, 7) is 6.07. The van der Waals surface area contributed by atoms with Gasteiger partial charge in [-0.05, 0) is 82.1 Å². The highest BCUT2D eigenvalue weighted by molar-refractivity contribution is 5.93. The molecule has 4 nitrogen and oxygen atoms in total. The molecule has 0 heterocycles. The van der Waals surface area contributed by atoms with Gasteiger partial charge in [-0.2, -0.15) is 0 Å². The van der Waals surface area contributed by atoms with E-state index in [0.29, 0.717) is 30.6 Å². The molecule has 160 valence electrons. The van der Waals surface area contributed by atoms with Gasteiger partial charge < -0.3 is 15.3 Å². The molecule has 0 aliphatic heterocycles. The van der Waals surface area contributed by atoms with Gasteiger partial charge in [-0.25, -0.2) is 0 Å². The van der Waals surface area contributed by atoms with Gasteiger partial charge in [0, 0.05) is 11.8 Å². The maximum absolute atomic E-state index is 13.0. The number of hydrogen-bond acceptors (Lipinski definition) is 4. The molecule has 0 aromatic rings. The highest BCUT2D eigenvalue weighted by atomic mass is 16.3. The number of allylic oxidation sites excluding steroid dienone is 4. The minimum atomic E-state index is -0.827. The van der Waals surface area contributed by atoms with E-state index in [1.54, 1.807) is 6.92 Å². The van der Waals surface area contributed by atoms with Crippen molar-refractivity contribution in [2.75, 3.05) is 0 Å². The zero-order chi connectivity index (χ0) is 20.9. The molecule has 0 aromatic heterocycles. The van der Waals surface area contributed by atoms with E-state index in [-0.39, 0.29) is 17.1 Å². The predicted octanol–water partition coefficient (Wildman–Crippen LogP) is 3.71. The van der Waals surface area contributed by atoms with Crippen molar-refractivity contribution in [3.05, 3.63) is 34.9 Å². The molecule has 0 amide bonds. The Bertz CT molecular complexity index is 761. The fraction of sp³-hybridized carbons (Fsp3) is 0.720. The van der Waals surface area contributed by atoms with Gasteiger partial charge in [-0.15, -0.1) is 0 Å². The summed E-state index contributed by atoms with van der Waals surface area (Å²) in [4.78, 5) is 13.0. The van der Waals surface area contributed by atoms with Gasteiger partial charge in [0.05, 0.1) is 18.3 Å². The zero-order valence-electron chi connectivity index (χ0n) is 18.0. The van der Waals surface area contributed by atoms with Crippen LogP contribution in [-0.4, -0.2) is 39.4 Å². The van der Waals surface area contributed by atoms with E-state index in [0.717, 1.165) is 32.1 Å². The molecule has 29 heavy (non-hydrogen) atoms. The Labute approximate surface area is 174 Å². The standard InChI is InChI=1S/C25H36O4/c1-14(10-23(28)15(2)26)21-6-7-22-20-13-24(29)17-11-16(4-5-18(27)12-17)19(20)8-9-25(21,22)3/h4,10,13,15,17-19,21-23,26-28H,5-9,11-12H2,1-3H3/b14-10+/t15-,17-,18-,19-,21-,22+,23-,25-/m0/s1. The predicted molar refractivity (Wildman–Crippen MR) is 113 cm³/mol. The molecule has 0 saturated heterocycles. The van der Waals surface area contributed by atoms with E-state index in [9.17, 15) is 20.1 Å². The number of ketones is 1. The summed E-state index contributed by atoms with van der Waals surface area (Å²) in [5.41, 5.74) is 3.97. The summed E-state index contributed by atoms with van der Waals surface area (Å²) in [6, 6.07) is 0. The first-order valence-electron chi connectivity index (χ1n) is 11.4. The van der Waals surface area contributed by atoms with Gasteiger partial charge in [0.15, 0.2) is 5.78 Å². The summed E-state index contributed by atoms with van der Waals surface area (Å²) < 4.78 is 0. The van der Waals surface area contributed by atoms with Crippen LogP contribution in [0.25, 0.3) is 0 Å². The summed E-state index contributed by atoms with van der Waals surface area (Å²) >= 11 is 0. The number of aliphatic hydroxyl groups is 3. The third kappa shape index (κ3) is 3.68. The number of carbonyl (C=O) groups excluding carboxylic acids is 1. The van der Waals surface area contributed by atoms with Crippen LogP contribution in [0.15, 0.2) is 34.9 Å². The fourth-order valence-corrected chi connectivity index (χ4v) is 6.82. The number of fused-ring (bicyclic) bond motifs is 6. The van der Waals surface area contributed by atoms with Crippen molar-refractivity contribution < 1.29 is 20.1 Å². The first-order chi connectivity index (χ1) is 13.7. The maximum Gasteiger partial charge on any atom is 0.159 e. The van der Waals surface area contributed by atoms with Crippen molar-refractivity contribution in [1.29, 1.82) is 0 Å². The van der Waals surface area contributed by atoms with Crippen LogP contribution >= 0.6 is 0 Å². The Kier molecular flexibility index (Phi) is 5.65. The van der Waals surface area contributed by atoms with Crippen LogP contribution in [0.5, 0.6) is 0 Å². The molecule has 0 radical (unpaired) electrons. The molecule has 4 heteroatoms. The molecule has 2 saturated carbocycles. The molecule has 4 rings (SSSR count). The molecule has 2 fully saturated rings. The second kappa shape index (κ2) is 7.79. The third-order valence-electron chi connectivity index (χ3n) is 8.44. The van der Waals surface area contributed by atoms with Crippen molar-refractivity contribution in [2.45, 2.75) is 84.0 Å². The van der Waals surface area contributed by atoms with Gasteiger partial charge in [0.1, 0.15) is 0 Å². The van der Waals surface area contributed by atoms with E-state index in [1.807, 2.05) is 12.2 Å². The molecule has 0 aromatic carbocycles. The highest BCUT2D eigenvalue weighted by Gasteiger charge is 2.53. The van der Waals surface area contributed by atoms with E-state index in [2.05, 4.69) is 19.9 Å². The largest absolute Gasteiger partial charge is 0.393 e. The number of rotatable bonds is 3. The lowest BCUT2D eigenvalue weighted by Gasteiger charge is -2.46. The Morgan fingerprint density at radius 1 is 1.28 bits per heavy atom. The highest BCUT2D eigenvalue weighted by Crippen LogP contribution is 2.62. The van der Waals surface area contributed by atoms with Crippen LogP contribution in [-0.2, 0) is 4.79 Å². The monoisotopic (exact) mass is 400 g/mol. The van der Waals surface area contributed by atoms with Crippen LogP contribution in [0.1, 0.15) is 65.7 Å². The van der Waals surface area contributed by atoms with Gasteiger partial charge >= 0.3 is 0 Å². The first kappa shape index (κ1) is 21.0. The van der Waals surface area contributed by atoms with E-state index in [1.165, 1.54) is 16.7 Å². The third-order valence-corrected chi connectivity index (χ3v) is 8.44. The average molecular weight is 401 g/mol. The maximum atomic E-state index is 13.0. The van der Waals surface area contributed by atoms with E-state index < -0.39 is 18.3 Å². The van der Waals surface area contributed by atoms with Crippen molar-refractivity contribution in [3.8, 4) is 0 Å². The molecule has 4 aliphatic rings. The molecular weight excluding hydrogens is 364 g/mol. The second-order valence-corrected chi connectivity index (χ2v) is 10.3. The molecule has 4 aliphatic carbocycles. The SMILES string of the molecule is C/C(=C\[C@H](O)[C@H](C)O)[C@@H]1CC[C@@H]2C3=CC(=O)[C@H]4CC(=CC[C@H](O)C4)[C@@H]3CC[C@]21C. The van der Waals surface area contributed by atoms with Crippen LogP contribution in [0.3, 0.4) is 0 Å². The van der Waals surface area contributed by atoms with Gasteiger partial charge in [0.2, 0.25) is 0 Å². The van der Waals surface area contributed by atoms with E-state index in [4.69, 9.17) is 0 Å². The Morgan fingerprint density at radius 2 is 2.03 bits per heavy atom. The fourth-order valence-electron chi connectivity index (χ4n) is 6.82. The molecule has 8 atom stereocenters. The molecule has 3 N–H and O–H groups in total. The van der Waals surface area contributed by atoms with Crippen molar-refractivity contribution >= 4 is 5.78 Å². The lowest BCUT2D eigenvalue weighted by atomic mass is 9.58.